The van der Waals surface area contributed by atoms with E-state index < -0.39 is 0 Å². The average molecular weight is 372 g/mol. The van der Waals surface area contributed by atoms with Crippen LogP contribution in [0.3, 0.4) is 0 Å². The molecule has 0 unspecified atom stereocenters. The van der Waals surface area contributed by atoms with E-state index >= 15 is 0 Å². The molecule has 1 aliphatic rings. The van der Waals surface area contributed by atoms with Gasteiger partial charge in [0.25, 0.3) is 0 Å². The summed E-state index contributed by atoms with van der Waals surface area (Å²) >= 11 is 0. The van der Waals surface area contributed by atoms with E-state index in [0.29, 0.717) is 11.6 Å². The first-order valence-corrected chi connectivity index (χ1v) is 9.69. The molecule has 0 saturated carbocycles. The molecule has 0 radical (unpaired) electrons. The first-order valence-electron chi connectivity index (χ1n) is 9.69. The van der Waals surface area contributed by atoms with Gasteiger partial charge in [-0.3, -0.25) is 0 Å². The Morgan fingerprint density at radius 3 is 2.68 bits per heavy atom. The Hall–Kier alpha value is -3.17. The molecule has 1 atom stereocenters. The van der Waals surface area contributed by atoms with E-state index in [2.05, 4.69) is 61.2 Å². The minimum absolute atomic E-state index is 0.243. The number of rotatable bonds is 6. The van der Waals surface area contributed by atoms with Gasteiger partial charge >= 0.3 is 0 Å². The molecule has 142 valence electrons. The molecule has 1 aromatic carbocycles. The van der Waals surface area contributed by atoms with Gasteiger partial charge in [0, 0.05) is 44.3 Å². The lowest BCUT2D eigenvalue weighted by Crippen LogP contribution is -2.44. The molecule has 3 aromatic rings. The number of nitrogens with one attached hydrogen (secondary N) is 1. The largest absolute Gasteiger partial charge is 0.356 e. The van der Waals surface area contributed by atoms with E-state index in [1.54, 1.807) is 12.3 Å². The van der Waals surface area contributed by atoms with Crippen LogP contribution in [0.5, 0.6) is 0 Å². The Kier molecular flexibility index (Phi) is 5.64. The van der Waals surface area contributed by atoms with Crippen LogP contribution in [0.1, 0.15) is 30.0 Å². The fourth-order valence-corrected chi connectivity index (χ4v) is 3.77. The van der Waals surface area contributed by atoms with E-state index in [-0.39, 0.29) is 6.04 Å². The number of nitrogens with zero attached hydrogens (tertiary/aromatic N) is 5. The topological polar surface area (TPSA) is 69.8 Å². The zero-order valence-corrected chi connectivity index (χ0v) is 15.8. The van der Waals surface area contributed by atoms with E-state index in [1.165, 1.54) is 5.56 Å². The van der Waals surface area contributed by atoms with Crippen molar-refractivity contribution in [1.29, 1.82) is 5.26 Å². The van der Waals surface area contributed by atoms with Crippen LogP contribution in [0.15, 0.2) is 67.4 Å². The first kappa shape index (κ1) is 18.2. The predicted molar refractivity (Wildman–Crippen MR) is 109 cm³/mol. The van der Waals surface area contributed by atoms with Crippen LogP contribution < -0.4 is 10.2 Å². The molecule has 1 N–H and O–H groups in total. The second-order valence-electron chi connectivity index (χ2n) is 7.17. The summed E-state index contributed by atoms with van der Waals surface area (Å²) in [6.45, 7) is 2.73. The zero-order chi connectivity index (χ0) is 19.2. The highest BCUT2D eigenvalue weighted by atomic mass is 15.2. The Morgan fingerprint density at radius 1 is 1.14 bits per heavy atom. The lowest BCUT2D eigenvalue weighted by molar-refractivity contribution is 0.346. The molecular formula is C22H24N6. The summed E-state index contributed by atoms with van der Waals surface area (Å²) in [6, 6.07) is 17.1. The van der Waals surface area contributed by atoms with Gasteiger partial charge in [-0.2, -0.15) is 5.26 Å². The van der Waals surface area contributed by atoms with Crippen molar-refractivity contribution in [2.75, 3.05) is 18.0 Å². The van der Waals surface area contributed by atoms with Crippen LogP contribution in [-0.2, 0) is 6.54 Å². The molecule has 6 nitrogen and oxygen atoms in total. The third kappa shape index (κ3) is 4.38. The van der Waals surface area contributed by atoms with Gasteiger partial charge in [0.2, 0.25) is 0 Å². The minimum atomic E-state index is 0.243. The second-order valence-corrected chi connectivity index (χ2v) is 7.17. The summed E-state index contributed by atoms with van der Waals surface area (Å²) in [6.07, 6.45) is 9.51. The van der Waals surface area contributed by atoms with Crippen molar-refractivity contribution in [3.8, 4) is 6.07 Å². The van der Waals surface area contributed by atoms with Crippen molar-refractivity contribution in [1.82, 2.24) is 19.9 Å². The molecule has 1 aliphatic heterocycles. The Labute approximate surface area is 165 Å². The third-order valence-corrected chi connectivity index (χ3v) is 5.28. The van der Waals surface area contributed by atoms with Gasteiger partial charge in [0.1, 0.15) is 5.82 Å². The second kappa shape index (κ2) is 8.68. The fraction of sp³-hybridized carbons (Fsp3) is 0.318. The Bertz CT molecular complexity index is 908. The summed E-state index contributed by atoms with van der Waals surface area (Å²) < 4.78 is 2.12. The molecule has 1 fully saturated rings. The van der Waals surface area contributed by atoms with Gasteiger partial charge in [0.05, 0.1) is 24.0 Å². The lowest BCUT2D eigenvalue weighted by atomic mass is 10.0. The van der Waals surface area contributed by atoms with Gasteiger partial charge in [-0.15, -0.1) is 0 Å². The molecule has 0 spiro atoms. The standard InChI is InChI=1S/C22H24N6/c23-15-18-6-9-25-22(14-18)28-11-7-20(8-12-28)26-21(16-27-13-10-24-17-27)19-4-2-1-3-5-19/h1-6,9-10,13-14,17,20-21,26H,7-8,11-12,16H2/t21-/m0/s1. The van der Waals surface area contributed by atoms with Crippen molar-refractivity contribution < 1.29 is 0 Å². The number of benzene rings is 1. The highest BCUT2D eigenvalue weighted by Crippen LogP contribution is 2.22. The highest BCUT2D eigenvalue weighted by molar-refractivity contribution is 5.45. The molecule has 0 aliphatic carbocycles. The normalized spacial score (nSPS) is 15.9. The summed E-state index contributed by atoms with van der Waals surface area (Å²) in [5, 5.41) is 13.0. The van der Waals surface area contributed by atoms with Crippen LogP contribution in [0.2, 0.25) is 0 Å². The number of piperidine rings is 1. The molecule has 28 heavy (non-hydrogen) atoms. The van der Waals surface area contributed by atoms with Gasteiger partial charge in [0.15, 0.2) is 0 Å². The number of anilines is 1. The molecule has 4 rings (SSSR count). The highest BCUT2D eigenvalue weighted by Gasteiger charge is 2.23. The fourth-order valence-electron chi connectivity index (χ4n) is 3.77. The third-order valence-electron chi connectivity index (χ3n) is 5.28. The van der Waals surface area contributed by atoms with E-state index in [4.69, 9.17) is 5.26 Å². The maximum Gasteiger partial charge on any atom is 0.129 e. The molecule has 2 aromatic heterocycles. The number of hydrogen-bond acceptors (Lipinski definition) is 5. The van der Waals surface area contributed by atoms with Gasteiger partial charge in [-0.1, -0.05) is 30.3 Å². The number of imidazole rings is 1. The number of aromatic nitrogens is 3. The maximum absolute atomic E-state index is 9.10. The van der Waals surface area contributed by atoms with Crippen molar-refractivity contribution in [2.45, 2.75) is 31.5 Å². The summed E-state index contributed by atoms with van der Waals surface area (Å²) in [4.78, 5) is 10.9. The van der Waals surface area contributed by atoms with Crippen LogP contribution in [0.4, 0.5) is 5.82 Å². The van der Waals surface area contributed by atoms with E-state index in [0.717, 1.165) is 38.3 Å². The molecular weight excluding hydrogens is 348 g/mol. The summed E-state index contributed by atoms with van der Waals surface area (Å²) in [5.41, 5.74) is 1.96. The minimum Gasteiger partial charge on any atom is -0.356 e. The van der Waals surface area contributed by atoms with Gasteiger partial charge in [-0.25, -0.2) is 9.97 Å². The number of hydrogen-bond donors (Lipinski definition) is 1. The molecule has 1 saturated heterocycles. The number of pyridine rings is 1. The summed E-state index contributed by atoms with van der Waals surface area (Å²) in [5.74, 6) is 0.899. The van der Waals surface area contributed by atoms with Crippen molar-refractivity contribution >= 4 is 5.82 Å². The SMILES string of the molecule is N#Cc1ccnc(N2CCC(N[C@@H](Cn3ccnc3)c3ccccc3)CC2)c1. The van der Waals surface area contributed by atoms with Crippen molar-refractivity contribution in [3.63, 3.8) is 0 Å². The Morgan fingerprint density at radius 2 is 1.96 bits per heavy atom. The van der Waals surface area contributed by atoms with Gasteiger partial charge in [-0.05, 0) is 30.5 Å². The van der Waals surface area contributed by atoms with E-state index in [1.807, 2.05) is 24.8 Å². The predicted octanol–water partition coefficient (Wildman–Crippen LogP) is 3.15. The Balaban J connectivity index is 1.40. The van der Waals surface area contributed by atoms with Crippen LogP contribution in [-0.4, -0.2) is 33.7 Å². The molecule has 0 bridgehead atoms. The maximum atomic E-state index is 9.10. The average Bonchev–Trinajstić information content (AvgIpc) is 3.28. The monoisotopic (exact) mass is 372 g/mol. The first-order chi connectivity index (χ1) is 13.8. The van der Waals surface area contributed by atoms with Crippen LogP contribution in [0.25, 0.3) is 0 Å². The van der Waals surface area contributed by atoms with Crippen LogP contribution in [0, 0.1) is 11.3 Å². The number of nitriles is 1. The molecule has 0 amide bonds. The zero-order valence-electron chi connectivity index (χ0n) is 15.8. The van der Waals surface area contributed by atoms with Crippen molar-refractivity contribution in [2.24, 2.45) is 0 Å². The van der Waals surface area contributed by atoms with Crippen LogP contribution >= 0.6 is 0 Å². The smallest absolute Gasteiger partial charge is 0.129 e. The van der Waals surface area contributed by atoms with Gasteiger partial charge < -0.3 is 14.8 Å². The lowest BCUT2D eigenvalue weighted by Gasteiger charge is -2.35. The molecule has 3 heterocycles. The van der Waals surface area contributed by atoms with E-state index in [9.17, 15) is 0 Å². The summed E-state index contributed by atoms with van der Waals surface area (Å²) in [7, 11) is 0. The molecule has 6 heteroatoms. The van der Waals surface area contributed by atoms with Crippen molar-refractivity contribution in [3.05, 3.63) is 78.5 Å². The quantitative estimate of drug-likeness (QED) is 0.720.